The minimum Gasteiger partial charge on any atom is -0.309 e. The van der Waals surface area contributed by atoms with E-state index in [0.717, 1.165) is 45.2 Å². The lowest BCUT2D eigenvalue weighted by molar-refractivity contribution is 0.754. The Balaban J connectivity index is 1.21. The number of hydrogen-bond acceptors (Lipinski definition) is 3. The first-order valence-corrected chi connectivity index (χ1v) is 17.3. The first-order chi connectivity index (χ1) is 23.7. The summed E-state index contributed by atoms with van der Waals surface area (Å²) < 4.78 is 3.63. The van der Waals surface area contributed by atoms with Crippen LogP contribution < -0.4 is 0 Å². The van der Waals surface area contributed by atoms with Gasteiger partial charge in [0.05, 0.1) is 27.8 Å². The number of para-hydroxylation sites is 1. The van der Waals surface area contributed by atoms with Crippen LogP contribution in [0.4, 0.5) is 0 Å². The van der Waals surface area contributed by atoms with Crippen molar-refractivity contribution >= 4 is 61.6 Å². The summed E-state index contributed by atoms with van der Waals surface area (Å²) in [6.45, 7) is 6.28. The number of aliphatic imine (C=N–C) groups is 2. The van der Waals surface area contributed by atoms with Gasteiger partial charge < -0.3 is 4.57 Å². The number of hydrogen-bond donors (Lipinski definition) is 0. The lowest BCUT2D eigenvalue weighted by Crippen LogP contribution is -2.17. The smallest absolute Gasteiger partial charge is 0.165 e. The maximum atomic E-state index is 5.28. The van der Waals surface area contributed by atoms with E-state index in [2.05, 4.69) is 139 Å². The van der Waals surface area contributed by atoms with Gasteiger partial charge in [-0.2, -0.15) is 0 Å². The Hall–Kier alpha value is -5.58. The molecule has 0 saturated carbocycles. The molecule has 1 unspecified atom stereocenters. The van der Waals surface area contributed by atoms with E-state index in [1.807, 2.05) is 31.2 Å². The van der Waals surface area contributed by atoms with Gasteiger partial charge in [0.15, 0.2) is 5.84 Å². The third-order valence-electron chi connectivity index (χ3n) is 9.04. The van der Waals surface area contributed by atoms with Gasteiger partial charge in [-0.1, -0.05) is 122 Å². The molecule has 1 aliphatic carbocycles. The van der Waals surface area contributed by atoms with Crippen molar-refractivity contribution in [2.24, 2.45) is 9.98 Å². The van der Waals surface area contributed by atoms with Gasteiger partial charge in [0, 0.05) is 27.8 Å². The molecule has 0 fully saturated rings. The van der Waals surface area contributed by atoms with Crippen LogP contribution in [0.3, 0.4) is 0 Å². The Labute approximate surface area is 285 Å². The minimum atomic E-state index is -0.0565. The normalized spacial score (nSPS) is 16.1. The van der Waals surface area contributed by atoms with Crippen molar-refractivity contribution in [3.05, 3.63) is 179 Å². The molecular formula is C44H35N3S. The monoisotopic (exact) mass is 637 g/mol. The van der Waals surface area contributed by atoms with Crippen molar-refractivity contribution in [3.8, 4) is 5.69 Å². The van der Waals surface area contributed by atoms with E-state index in [9.17, 15) is 0 Å². The van der Waals surface area contributed by atoms with Crippen molar-refractivity contribution in [1.82, 2.24) is 4.57 Å². The van der Waals surface area contributed by atoms with Gasteiger partial charge in [0.2, 0.25) is 0 Å². The van der Waals surface area contributed by atoms with Crippen molar-refractivity contribution in [2.45, 2.75) is 25.8 Å². The number of thiophene rings is 1. The maximum absolute atomic E-state index is 5.28. The second-order valence-corrected chi connectivity index (χ2v) is 13.2. The van der Waals surface area contributed by atoms with Crippen LogP contribution in [-0.4, -0.2) is 16.1 Å². The van der Waals surface area contributed by atoms with Crippen LogP contribution in [0.15, 0.2) is 156 Å². The third-order valence-corrected chi connectivity index (χ3v) is 10.2. The van der Waals surface area contributed by atoms with Crippen molar-refractivity contribution < 1.29 is 0 Å². The minimum absolute atomic E-state index is 0.0565. The molecule has 3 nitrogen and oxygen atoms in total. The van der Waals surface area contributed by atoms with Crippen LogP contribution in [0.25, 0.3) is 44.4 Å². The van der Waals surface area contributed by atoms with Crippen LogP contribution in [0, 0.1) is 0 Å². The summed E-state index contributed by atoms with van der Waals surface area (Å²) in [5, 5.41) is 2.48. The Morgan fingerprint density at radius 1 is 0.875 bits per heavy atom. The third kappa shape index (κ3) is 5.65. The Morgan fingerprint density at radius 3 is 2.58 bits per heavy atom. The Kier molecular flexibility index (Phi) is 8.01. The van der Waals surface area contributed by atoms with Crippen molar-refractivity contribution in [2.75, 3.05) is 0 Å². The molecular weight excluding hydrogens is 603 g/mol. The zero-order valence-electron chi connectivity index (χ0n) is 26.9. The molecule has 4 heteroatoms. The van der Waals surface area contributed by atoms with Crippen LogP contribution >= 0.6 is 11.3 Å². The largest absolute Gasteiger partial charge is 0.309 e. The van der Waals surface area contributed by atoms with Gasteiger partial charge in [-0.15, -0.1) is 11.3 Å². The molecule has 6 aromatic rings. The molecule has 48 heavy (non-hydrogen) atoms. The highest BCUT2D eigenvalue weighted by molar-refractivity contribution is 7.20. The highest BCUT2D eigenvalue weighted by Crippen LogP contribution is 2.36. The summed E-state index contributed by atoms with van der Waals surface area (Å²) >= 11 is 1.75. The zero-order valence-corrected chi connectivity index (χ0v) is 27.7. The van der Waals surface area contributed by atoms with E-state index in [1.165, 1.54) is 37.8 Å². The second-order valence-electron chi connectivity index (χ2n) is 12.2. The predicted octanol–water partition coefficient (Wildman–Crippen LogP) is 11.8. The summed E-state index contributed by atoms with van der Waals surface area (Å²) in [4.78, 5) is 11.7. The first kappa shape index (κ1) is 29.8. The summed E-state index contributed by atoms with van der Waals surface area (Å²) in [7, 11) is 0. The maximum Gasteiger partial charge on any atom is 0.165 e. The number of aromatic nitrogens is 1. The van der Waals surface area contributed by atoms with Crippen LogP contribution in [-0.2, 0) is 0 Å². The predicted molar refractivity (Wildman–Crippen MR) is 208 cm³/mol. The molecule has 4 aromatic carbocycles. The van der Waals surface area contributed by atoms with Gasteiger partial charge in [-0.25, -0.2) is 4.99 Å². The topological polar surface area (TPSA) is 29.6 Å². The molecule has 0 N–H and O–H groups in total. The standard InChI is InChI=1S/C44H35N3S/c1-3-4-6-14-30(2)31-23-25-32(26-24-31)38-29-39(46-44(45-38)43-28-34-15-9-12-22-42(34)48-43)33-16-13-17-35(27-33)47-40-20-8-5-7-18-36(40)37-19-10-11-21-41(37)47/h3-4,6-28,38H,2,5,29H2,1H3/b4-3-,14-6-. The molecule has 8 rings (SSSR count). The highest BCUT2D eigenvalue weighted by Gasteiger charge is 2.24. The molecule has 0 saturated heterocycles. The van der Waals surface area contributed by atoms with Crippen LogP contribution in [0.5, 0.6) is 0 Å². The number of benzene rings is 4. The quantitative estimate of drug-likeness (QED) is 0.156. The van der Waals surface area contributed by atoms with Crippen LogP contribution in [0.2, 0.25) is 0 Å². The molecule has 0 bridgehead atoms. The number of rotatable bonds is 7. The lowest BCUT2D eigenvalue weighted by Gasteiger charge is -2.21. The average Bonchev–Trinajstić information content (AvgIpc) is 3.62. The van der Waals surface area contributed by atoms with E-state index < -0.39 is 0 Å². The van der Waals surface area contributed by atoms with Crippen LogP contribution in [0.1, 0.15) is 58.6 Å². The molecule has 0 amide bonds. The van der Waals surface area contributed by atoms with Gasteiger partial charge >= 0.3 is 0 Å². The van der Waals surface area contributed by atoms with E-state index in [0.29, 0.717) is 6.42 Å². The average molecular weight is 638 g/mol. The number of allylic oxidation sites excluding steroid dienone is 7. The first-order valence-electron chi connectivity index (χ1n) is 16.5. The van der Waals surface area contributed by atoms with Crippen molar-refractivity contribution in [1.29, 1.82) is 0 Å². The fourth-order valence-electron chi connectivity index (χ4n) is 6.63. The van der Waals surface area contributed by atoms with Gasteiger partial charge in [0.25, 0.3) is 0 Å². The van der Waals surface area contributed by atoms with E-state index in [-0.39, 0.29) is 6.04 Å². The van der Waals surface area contributed by atoms with Gasteiger partial charge in [-0.05, 0) is 77.4 Å². The fraction of sp³-hybridized carbons (Fsp3) is 0.0909. The van der Waals surface area contributed by atoms with Gasteiger partial charge in [-0.3, -0.25) is 4.99 Å². The van der Waals surface area contributed by atoms with E-state index in [4.69, 9.17) is 9.98 Å². The summed E-state index contributed by atoms with van der Waals surface area (Å²) in [6, 6.07) is 36.9. The molecule has 3 heterocycles. The summed E-state index contributed by atoms with van der Waals surface area (Å²) in [6.07, 6.45) is 18.8. The van der Waals surface area contributed by atoms with Crippen molar-refractivity contribution in [3.63, 3.8) is 0 Å². The van der Waals surface area contributed by atoms with E-state index in [1.54, 1.807) is 11.3 Å². The molecule has 1 atom stereocenters. The van der Waals surface area contributed by atoms with Gasteiger partial charge in [0.1, 0.15) is 0 Å². The zero-order chi connectivity index (χ0) is 32.5. The Bertz CT molecular complexity index is 2340. The second kappa shape index (κ2) is 12.9. The molecule has 2 aliphatic rings. The highest BCUT2D eigenvalue weighted by atomic mass is 32.1. The molecule has 0 radical (unpaired) electrons. The number of fused-ring (bicyclic) bond motifs is 4. The number of amidine groups is 1. The SMILES string of the molecule is C=C(/C=C\C=C/C)c1ccc(C2CC(c3cccc(-n4c5c(c6ccccc64)C=CCC=C5)c3)=NC(c3cc4ccccc4s3)=N2)cc1. The molecule has 0 spiro atoms. The molecule has 1 aliphatic heterocycles. The Morgan fingerprint density at radius 2 is 1.71 bits per heavy atom. The summed E-state index contributed by atoms with van der Waals surface area (Å²) in [5.74, 6) is 0.795. The molecule has 2 aromatic heterocycles. The fourth-order valence-corrected chi connectivity index (χ4v) is 7.64. The lowest BCUT2D eigenvalue weighted by atomic mass is 9.94. The summed E-state index contributed by atoms with van der Waals surface area (Å²) in [5.41, 5.74) is 10.2. The van der Waals surface area contributed by atoms with E-state index >= 15 is 0 Å². The molecule has 232 valence electrons. The number of nitrogens with zero attached hydrogens (tertiary/aromatic N) is 3.